The molecule has 37 heavy (non-hydrogen) atoms. The molecule has 1 saturated heterocycles. The highest BCUT2D eigenvalue weighted by atomic mass is 16.5. The molecule has 0 aromatic heterocycles. The molecule has 3 aromatic rings. The molecule has 4 rings (SSSR count). The van der Waals surface area contributed by atoms with Crippen LogP contribution in [0.2, 0.25) is 0 Å². The van der Waals surface area contributed by atoms with Gasteiger partial charge in [0.25, 0.3) is 5.91 Å². The second-order valence-electron chi connectivity index (χ2n) is 8.61. The van der Waals surface area contributed by atoms with Crippen LogP contribution in [0.25, 0.3) is 0 Å². The SMILES string of the molecule is COC(=O)c1ccc(NC(=O)C[C@H]2C(=O)N(c3cccc(C)c3)C(=O)N2Cc2ccc(OC)cc2)cc1. The van der Waals surface area contributed by atoms with Crippen LogP contribution in [0.1, 0.15) is 27.9 Å². The molecular weight excluding hydrogens is 474 g/mol. The van der Waals surface area contributed by atoms with Crippen LogP contribution < -0.4 is 15.0 Å². The van der Waals surface area contributed by atoms with Gasteiger partial charge in [0.05, 0.1) is 31.9 Å². The summed E-state index contributed by atoms with van der Waals surface area (Å²) >= 11 is 0. The first kappa shape index (κ1) is 25.4. The number of hydrogen-bond acceptors (Lipinski definition) is 6. The molecule has 1 fully saturated rings. The van der Waals surface area contributed by atoms with E-state index in [9.17, 15) is 19.2 Å². The van der Waals surface area contributed by atoms with Crippen molar-refractivity contribution < 1.29 is 28.7 Å². The van der Waals surface area contributed by atoms with Crippen molar-refractivity contribution >= 4 is 35.2 Å². The van der Waals surface area contributed by atoms with E-state index < -0.39 is 29.9 Å². The van der Waals surface area contributed by atoms with Crippen LogP contribution in [-0.2, 0) is 20.9 Å². The topological polar surface area (TPSA) is 105 Å². The number of hydrogen-bond donors (Lipinski definition) is 1. The molecule has 0 saturated carbocycles. The third-order valence-electron chi connectivity index (χ3n) is 6.06. The molecule has 9 nitrogen and oxygen atoms in total. The molecule has 9 heteroatoms. The first-order valence-corrected chi connectivity index (χ1v) is 11.6. The van der Waals surface area contributed by atoms with E-state index in [-0.39, 0.29) is 13.0 Å². The Morgan fingerprint density at radius 2 is 1.65 bits per heavy atom. The van der Waals surface area contributed by atoms with Gasteiger partial charge in [0.2, 0.25) is 5.91 Å². The van der Waals surface area contributed by atoms with E-state index >= 15 is 0 Å². The van der Waals surface area contributed by atoms with E-state index in [2.05, 4.69) is 10.1 Å². The van der Waals surface area contributed by atoms with E-state index in [1.54, 1.807) is 49.6 Å². The molecule has 1 aliphatic rings. The number of imide groups is 1. The molecule has 0 aliphatic carbocycles. The Hall–Kier alpha value is -4.66. The number of rotatable bonds is 8. The third kappa shape index (κ3) is 5.61. The number of carbonyl (C=O) groups excluding carboxylic acids is 4. The van der Waals surface area contributed by atoms with Gasteiger partial charge in [-0.1, -0.05) is 24.3 Å². The summed E-state index contributed by atoms with van der Waals surface area (Å²) in [7, 11) is 2.85. The minimum absolute atomic E-state index is 0.142. The van der Waals surface area contributed by atoms with Crippen molar-refractivity contribution in [3.8, 4) is 5.75 Å². The number of aryl methyl sites for hydroxylation is 1. The molecule has 1 aliphatic heterocycles. The molecule has 3 aromatic carbocycles. The number of carbonyl (C=O) groups is 4. The average molecular weight is 502 g/mol. The van der Waals surface area contributed by atoms with Crippen molar-refractivity contribution in [3.63, 3.8) is 0 Å². The number of nitrogens with one attached hydrogen (secondary N) is 1. The molecular formula is C28H27N3O6. The van der Waals surface area contributed by atoms with E-state index in [4.69, 9.17) is 4.74 Å². The summed E-state index contributed by atoms with van der Waals surface area (Å²) in [6.45, 7) is 2.02. The summed E-state index contributed by atoms with van der Waals surface area (Å²) in [6, 6.07) is 19.0. The standard InChI is InChI=1S/C28H27N3O6/c1-18-5-4-6-22(15-18)31-26(33)24(30(28(31)35)17-19-7-13-23(36-2)14-8-19)16-25(32)29-21-11-9-20(10-12-21)27(34)37-3/h4-15,24H,16-17H2,1-3H3,(H,29,32)/t24-/m0/s1. The highest BCUT2D eigenvalue weighted by Gasteiger charge is 2.46. The average Bonchev–Trinajstić information content (AvgIpc) is 3.12. The second kappa shape index (κ2) is 10.9. The van der Waals surface area contributed by atoms with Crippen molar-refractivity contribution in [2.75, 3.05) is 24.4 Å². The van der Waals surface area contributed by atoms with E-state index in [0.717, 1.165) is 16.0 Å². The maximum Gasteiger partial charge on any atom is 0.337 e. The van der Waals surface area contributed by atoms with Crippen LogP contribution in [0.4, 0.5) is 16.2 Å². The van der Waals surface area contributed by atoms with Crippen LogP contribution in [0.5, 0.6) is 5.75 Å². The van der Waals surface area contributed by atoms with Crippen molar-refractivity contribution in [1.29, 1.82) is 0 Å². The van der Waals surface area contributed by atoms with E-state index in [1.165, 1.54) is 24.1 Å². The fraction of sp³-hybridized carbons (Fsp3) is 0.214. The number of esters is 1. The van der Waals surface area contributed by atoms with Gasteiger partial charge in [0.1, 0.15) is 11.8 Å². The van der Waals surface area contributed by atoms with E-state index in [1.807, 2.05) is 25.1 Å². The Balaban J connectivity index is 1.56. The Kier molecular flexibility index (Phi) is 7.52. The minimum Gasteiger partial charge on any atom is -0.497 e. The Bertz CT molecular complexity index is 1320. The summed E-state index contributed by atoms with van der Waals surface area (Å²) in [5.41, 5.74) is 2.94. The highest BCUT2D eigenvalue weighted by Crippen LogP contribution is 2.29. The number of amides is 4. The zero-order valence-electron chi connectivity index (χ0n) is 20.8. The lowest BCUT2D eigenvalue weighted by atomic mass is 10.1. The monoisotopic (exact) mass is 501 g/mol. The molecule has 4 amide bonds. The van der Waals surface area contributed by atoms with Crippen molar-refractivity contribution in [1.82, 2.24) is 4.90 Å². The van der Waals surface area contributed by atoms with Gasteiger partial charge in [-0.25, -0.2) is 14.5 Å². The smallest absolute Gasteiger partial charge is 0.337 e. The Labute approximate surface area is 214 Å². The van der Waals surface area contributed by atoms with Crippen molar-refractivity contribution in [2.45, 2.75) is 25.9 Å². The van der Waals surface area contributed by atoms with Gasteiger partial charge in [-0.05, 0) is 66.6 Å². The minimum atomic E-state index is -0.996. The first-order chi connectivity index (χ1) is 17.8. The second-order valence-corrected chi connectivity index (χ2v) is 8.61. The van der Waals surface area contributed by atoms with Gasteiger partial charge in [0, 0.05) is 12.2 Å². The van der Waals surface area contributed by atoms with Gasteiger partial charge in [-0.3, -0.25) is 9.59 Å². The number of ether oxygens (including phenoxy) is 2. The van der Waals surface area contributed by atoms with Crippen LogP contribution in [0.15, 0.2) is 72.8 Å². The van der Waals surface area contributed by atoms with Crippen molar-refractivity contribution in [2.24, 2.45) is 0 Å². The number of anilines is 2. The zero-order valence-corrected chi connectivity index (χ0v) is 20.8. The fourth-order valence-corrected chi connectivity index (χ4v) is 4.14. The van der Waals surface area contributed by atoms with Crippen LogP contribution in [0, 0.1) is 6.92 Å². The van der Waals surface area contributed by atoms with Crippen LogP contribution in [-0.4, -0.2) is 49.0 Å². The lowest BCUT2D eigenvalue weighted by molar-refractivity contribution is -0.124. The predicted molar refractivity (Wildman–Crippen MR) is 137 cm³/mol. The molecule has 1 N–H and O–H groups in total. The number of benzene rings is 3. The molecule has 0 radical (unpaired) electrons. The van der Waals surface area contributed by atoms with Crippen LogP contribution >= 0.6 is 0 Å². The number of nitrogens with zero attached hydrogens (tertiary/aromatic N) is 2. The normalized spacial score (nSPS) is 15.1. The van der Waals surface area contributed by atoms with Gasteiger partial charge >= 0.3 is 12.0 Å². The van der Waals surface area contributed by atoms with Gasteiger partial charge < -0.3 is 19.7 Å². The summed E-state index contributed by atoms with van der Waals surface area (Å²) < 4.78 is 9.88. The number of urea groups is 1. The predicted octanol–water partition coefficient (Wildman–Crippen LogP) is 4.16. The van der Waals surface area contributed by atoms with Gasteiger partial charge in [-0.2, -0.15) is 0 Å². The quantitative estimate of drug-likeness (QED) is 0.367. The molecule has 190 valence electrons. The third-order valence-corrected chi connectivity index (χ3v) is 6.06. The summed E-state index contributed by atoms with van der Waals surface area (Å²) in [5.74, 6) is -0.732. The molecule has 0 bridgehead atoms. The number of methoxy groups -OCH3 is 2. The first-order valence-electron chi connectivity index (χ1n) is 11.6. The Morgan fingerprint density at radius 3 is 2.27 bits per heavy atom. The molecule has 1 heterocycles. The van der Waals surface area contributed by atoms with Crippen LogP contribution in [0.3, 0.4) is 0 Å². The fourth-order valence-electron chi connectivity index (χ4n) is 4.14. The van der Waals surface area contributed by atoms with Gasteiger partial charge in [0.15, 0.2) is 0 Å². The Morgan fingerprint density at radius 1 is 0.946 bits per heavy atom. The van der Waals surface area contributed by atoms with E-state index in [0.29, 0.717) is 22.7 Å². The lowest BCUT2D eigenvalue weighted by Crippen LogP contribution is -2.37. The maximum absolute atomic E-state index is 13.5. The van der Waals surface area contributed by atoms with Crippen molar-refractivity contribution in [3.05, 3.63) is 89.5 Å². The molecule has 0 spiro atoms. The molecule has 0 unspecified atom stereocenters. The largest absolute Gasteiger partial charge is 0.497 e. The van der Waals surface area contributed by atoms with Gasteiger partial charge in [-0.15, -0.1) is 0 Å². The molecule has 1 atom stereocenters. The zero-order chi connectivity index (χ0) is 26.5. The highest BCUT2D eigenvalue weighted by molar-refractivity contribution is 6.22. The lowest BCUT2D eigenvalue weighted by Gasteiger charge is -2.22. The summed E-state index contributed by atoms with van der Waals surface area (Å²) in [6.07, 6.45) is -0.234. The maximum atomic E-state index is 13.5. The summed E-state index contributed by atoms with van der Waals surface area (Å²) in [5, 5.41) is 2.74. The summed E-state index contributed by atoms with van der Waals surface area (Å²) in [4.78, 5) is 54.1.